The minimum absolute atomic E-state index is 0.278. The maximum Gasteiger partial charge on any atom is 0.419 e. The predicted molar refractivity (Wildman–Crippen MR) is 77.9 cm³/mol. The van der Waals surface area contributed by atoms with Gasteiger partial charge in [-0.1, -0.05) is 18.2 Å². The summed E-state index contributed by atoms with van der Waals surface area (Å²) in [5.74, 6) is 0.278. The molecule has 1 heterocycles. The number of hydrogen-bond donors (Lipinski definition) is 0. The molecule has 2 rings (SSSR count). The van der Waals surface area contributed by atoms with Crippen LogP contribution in [0.25, 0.3) is 10.9 Å². The molecule has 0 spiro atoms. The summed E-state index contributed by atoms with van der Waals surface area (Å²) in [6.45, 7) is 7.53. The second kappa shape index (κ2) is 4.89. The van der Waals surface area contributed by atoms with E-state index in [0.717, 1.165) is 22.2 Å². The molecule has 0 aliphatic heterocycles. The van der Waals surface area contributed by atoms with Gasteiger partial charge >= 0.3 is 6.09 Å². The maximum absolute atomic E-state index is 12.3. The summed E-state index contributed by atoms with van der Waals surface area (Å²) in [5.41, 5.74) is 2.12. The number of carbonyl (C=O) groups is 1. The van der Waals surface area contributed by atoms with Crippen molar-refractivity contribution in [1.82, 2.24) is 4.57 Å². The zero-order valence-corrected chi connectivity index (χ0v) is 12.4. The number of para-hydroxylation sites is 1. The van der Waals surface area contributed by atoms with E-state index in [2.05, 4.69) is 0 Å². The standard InChI is InChI=1S/C15H18ClNO2/c1-10-11-7-5-6-8-12(11)17(13(10)9-16)14(18)19-15(2,3)4/h5-8H,9H2,1-4H3. The van der Waals surface area contributed by atoms with E-state index in [0.29, 0.717) is 0 Å². The highest BCUT2D eigenvalue weighted by molar-refractivity contribution is 6.17. The molecule has 0 amide bonds. The molecular weight excluding hydrogens is 262 g/mol. The minimum Gasteiger partial charge on any atom is -0.443 e. The van der Waals surface area contributed by atoms with Crippen LogP contribution < -0.4 is 0 Å². The summed E-state index contributed by atoms with van der Waals surface area (Å²) >= 11 is 6.00. The van der Waals surface area contributed by atoms with E-state index >= 15 is 0 Å². The van der Waals surface area contributed by atoms with Crippen molar-refractivity contribution < 1.29 is 9.53 Å². The van der Waals surface area contributed by atoms with E-state index in [1.54, 1.807) is 4.57 Å². The summed E-state index contributed by atoms with van der Waals surface area (Å²) in [6, 6.07) is 7.75. The highest BCUT2D eigenvalue weighted by Gasteiger charge is 2.23. The molecule has 0 unspecified atom stereocenters. The van der Waals surface area contributed by atoms with Gasteiger partial charge in [0.1, 0.15) is 5.60 Å². The van der Waals surface area contributed by atoms with Crippen molar-refractivity contribution in [1.29, 1.82) is 0 Å². The Morgan fingerprint density at radius 3 is 2.53 bits per heavy atom. The number of nitrogens with zero attached hydrogens (tertiary/aromatic N) is 1. The van der Waals surface area contributed by atoms with Crippen LogP contribution in [0.5, 0.6) is 0 Å². The average molecular weight is 280 g/mol. The van der Waals surface area contributed by atoms with Gasteiger partial charge in [0, 0.05) is 11.1 Å². The first kappa shape index (κ1) is 13.9. The van der Waals surface area contributed by atoms with E-state index in [4.69, 9.17) is 16.3 Å². The lowest BCUT2D eigenvalue weighted by Gasteiger charge is -2.20. The Morgan fingerprint density at radius 2 is 1.95 bits per heavy atom. The van der Waals surface area contributed by atoms with E-state index in [1.165, 1.54) is 0 Å². The number of rotatable bonds is 1. The van der Waals surface area contributed by atoms with Gasteiger partial charge < -0.3 is 4.74 Å². The molecule has 102 valence electrons. The SMILES string of the molecule is Cc1c(CCl)n(C(=O)OC(C)(C)C)c2ccccc12. The van der Waals surface area contributed by atoms with Crippen LogP contribution >= 0.6 is 11.6 Å². The Labute approximate surface area is 118 Å². The summed E-state index contributed by atoms with van der Waals surface area (Å²) < 4.78 is 7.03. The summed E-state index contributed by atoms with van der Waals surface area (Å²) in [7, 11) is 0. The molecule has 0 bridgehead atoms. The van der Waals surface area contributed by atoms with Crippen molar-refractivity contribution in [3.05, 3.63) is 35.5 Å². The molecular formula is C15H18ClNO2. The molecule has 0 saturated carbocycles. The fourth-order valence-corrected chi connectivity index (χ4v) is 2.45. The molecule has 4 heteroatoms. The second-order valence-electron chi connectivity index (χ2n) is 5.54. The van der Waals surface area contributed by atoms with Crippen LogP contribution in [0.3, 0.4) is 0 Å². The number of aryl methyl sites for hydroxylation is 1. The quantitative estimate of drug-likeness (QED) is 0.721. The van der Waals surface area contributed by atoms with Crippen LogP contribution in [-0.2, 0) is 10.6 Å². The number of hydrogen-bond acceptors (Lipinski definition) is 2. The molecule has 0 radical (unpaired) electrons. The lowest BCUT2D eigenvalue weighted by molar-refractivity contribution is 0.0541. The van der Waals surface area contributed by atoms with Gasteiger partial charge in [-0.15, -0.1) is 11.6 Å². The molecule has 2 aromatic rings. The van der Waals surface area contributed by atoms with Crippen LogP contribution in [0.1, 0.15) is 32.0 Å². The van der Waals surface area contributed by atoms with Crippen LogP contribution in [0.15, 0.2) is 24.3 Å². The molecule has 0 aliphatic carbocycles. The van der Waals surface area contributed by atoms with Crippen molar-refractivity contribution in [2.45, 2.75) is 39.2 Å². The minimum atomic E-state index is -0.528. The third kappa shape index (κ3) is 2.61. The Bertz CT molecular complexity index is 623. The van der Waals surface area contributed by atoms with Crippen molar-refractivity contribution >= 4 is 28.6 Å². The van der Waals surface area contributed by atoms with Gasteiger partial charge in [-0.25, -0.2) is 9.36 Å². The Balaban J connectivity index is 2.62. The third-order valence-electron chi connectivity index (χ3n) is 2.95. The highest BCUT2D eigenvalue weighted by Crippen LogP contribution is 2.27. The zero-order chi connectivity index (χ0) is 14.2. The number of carbonyl (C=O) groups excluding carboxylic acids is 1. The monoisotopic (exact) mass is 279 g/mol. The fourth-order valence-electron chi connectivity index (χ4n) is 2.13. The molecule has 3 nitrogen and oxygen atoms in total. The van der Waals surface area contributed by atoms with E-state index in [-0.39, 0.29) is 12.0 Å². The zero-order valence-electron chi connectivity index (χ0n) is 11.7. The van der Waals surface area contributed by atoms with Crippen LogP contribution in [0, 0.1) is 6.92 Å². The van der Waals surface area contributed by atoms with E-state index < -0.39 is 5.60 Å². The van der Waals surface area contributed by atoms with Crippen LogP contribution in [0.4, 0.5) is 4.79 Å². The number of alkyl halides is 1. The number of benzene rings is 1. The topological polar surface area (TPSA) is 31.2 Å². The lowest BCUT2D eigenvalue weighted by Crippen LogP contribution is -2.27. The highest BCUT2D eigenvalue weighted by atomic mass is 35.5. The first-order valence-electron chi connectivity index (χ1n) is 6.23. The van der Waals surface area contributed by atoms with Crippen molar-refractivity contribution in [2.24, 2.45) is 0 Å². The number of ether oxygens (including phenoxy) is 1. The van der Waals surface area contributed by atoms with Gasteiger partial charge in [-0.05, 0) is 39.3 Å². The van der Waals surface area contributed by atoms with Crippen molar-refractivity contribution in [3.63, 3.8) is 0 Å². The maximum atomic E-state index is 12.3. The first-order chi connectivity index (χ1) is 8.85. The van der Waals surface area contributed by atoms with Gasteiger partial charge in [0.2, 0.25) is 0 Å². The normalized spacial score (nSPS) is 11.8. The van der Waals surface area contributed by atoms with Crippen molar-refractivity contribution in [3.8, 4) is 0 Å². The number of aromatic nitrogens is 1. The molecule has 0 fully saturated rings. The molecule has 1 aromatic carbocycles. The fraction of sp³-hybridized carbons (Fsp3) is 0.400. The summed E-state index contributed by atoms with van der Waals surface area (Å²) in [6.07, 6.45) is -0.382. The van der Waals surface area contributed by atoms with Gasteiger partial charge in [0.25, 0.3) is 0 Å². The number of halogens is 1. The van der Waals surface area contributed by atoms with Crippen molar-refractivity contribution in [2.75, 3.05) is 0 Å². The molecule has 19 heavy (non-hydrogen) atoms. The predicted octanol–water partition coefficient (Wildman–Crippen LogP) is 4.47. The molecule has 1 aromatic heterocycles. The largest absolute Gasteiger partial charge is 0.443 e. The lowest BCUT2D eigenvalue weighted by atomic mass is 10.2. The van der Waals surface area contributed by atoms with Gasteiger partial charge in [0.15, 0.2) is 0 Å². The van der Waals surface area contributed by atoms with Crippen LogP contribution in [0.2, 0.25) is 0 Å². The smallest absolute Gasteiger partial charge is 0.419 e. The first-order valence-corrected chi connectivity index (χ1v) is 6.77. The summed E-state index contributed by atoms with van der Waals surface area (Å²) in [4.78, 5) is 12.3. The van der Waals surface area contributed by atoms with Crippen LogP contribution in [-0.4, -0.2) is 16.3 Å². The van der Waals surface area contributed by atoms with Gasteiger partial charge in [-0.2, -0.15) is 0 Å². The number of fused-ring (bicyclic) bond motifs is 1. The van der Waals surface area contributed by atoms with Gasteiger partial charge in [0.05, 0.1) is 11.4 Å². The Kier molecular flexibility index (Phi) is 3.59. The molecule has 0 N–H and O–H groups in total. The van der Waals surface area contributed by atoms with Gasteiger partial charge in [-0.3, -0.25) is 0 Å². The molecule has 0 atom stereocenters. The Hall–Kier alpha value is -1.48. The Morgan fingerprint density at radius 1 is 1.32 bits per heavy atom. The average Bonchev–Trinajstić information content (AvgIpc) is 2.60. The van der Waals surface area contributed by atoms with E-state index in [9.17, 15) is 4.79 Å². The molecule has 0 aliphatic rings. The third-order valence-corrected chi connectivity index (χ3v) is 3.21. The second-order valence-corrected chi connectivity index (χ2v) is 5.81. The summed E-state index contributed by atoms with van der Waals surface area (Å²) in [5, 5.41) is 1.03. The van der Waals surface area contributed by atoms with E-state index in [1.807, 2.05) is 52.0 Å². The molecule has 0 saturated heterocycles.